The molecular formula is C28H35FN4O3S. The van der Waals surface area contributed by atoms with E-state index in [1.807, 2.05) is 39.0 Å². The lowest BCUT2D eigenvalue weighted by atomic mass is 9.92. The van der Waals surface area contributed by atoms with E-state index in [4.69, 9.17) is 4.74 Å². The zero-order valence-corrected chi connectivity index (χ0v) is 22.9. The Hall–Kier alpha value is -3.43. The number of aromatic nitrogens is 2. The number of nitrogens with one attached hydrogen (secondary N) is 1. The lowest BCUT2D eigenvalue weighted by molar-refractivity contribution is -0.112. The van der Waals surface area contributed by atoms with Gasteiger partial charge in [0, 0.05) is 30.0 Å². The molecule has 0 saturated carbocycles. The summed E-state index contributed by atoms with van der Waals surface area (Å²) in [7, 11) is 1.46. The van der Waals surface area contributed by atoms with Crippen LogP contribution in [0.2, 0.25) is 0 Å². The van der Waals surface area contributed by atoms with Crippen molar-refractivity contribution in [3.63, 3.8) is 0 Å². The predicted molar refractivity (Wildman–Crippen MR) is 150 cm³/mol. The number of hydrogen-bond donors (Lipinski definition) is 2. The number of aliphatic imine (C=N–C) groups is 1. The molecule has 7 nitrogen and oxygen atoms in total. The predicted octanol–water partition coefficient (Wildman–Crippen LogP) is 6.30. The molecule has 37 heavy (non-hydrogen) atoms. The van der Waals surface area contributed by atoms with Crippen molar-refractivity contribution in [1.82, 2.24) is 10.2 Å². The first-order valence-electron chi connectivity index (χ1n) is 12.2. The summed E-state index contributed by atoms with van der Waals surface area (Å²) in [5.74, 6) is -0.630. The highest BCUT2D eigenvalue weighted by molar-refractivity contribution is 7.15. The summed E-state index contributed by atoms with van der Waals surface area (Å²) >= 11 is 1.31. The number of hydrogen-bond acceptors (Lipinski definition) is 7. The smallest absolute Gasteiger partial charge is 0.258 e. The van der Waals surface area contributed by atoms with Gasteiger partial charge >= 0.3 is 0 Å². The number of aryl methyl sites for hydroxylation is 1. The van der Waals surface area contributed by atoms with Crippen molar-refractivity contribution in [2.45, 2.75) is 53.4 Å². The number of aliphatic hydroxyl groups excluding tert-OH is 1. The number of nitrogens with zero attached hydrogens (tertiary/aromatic N) is 3. The quantitative estimate of drug-likeness (QED) is 0.138. The van der Waals surface area contributed by atoms with E-state index in [9.17, 15) is 9.90 Å². The minimum Gasteiger partial charge on any atom is -0.496 e. The molecule has 9 heteroatoms. The summed E-state index contributed by atoms with van der Waals surface area (Å²) in [6, 6.07) is 4.53. The van der Waals surface area contributed by atoms with E-state index in [1.54, 1.807) is 25.3 Å². The van der Waals surface area contributed by atoms with Gasteiger partial charge in [0.05, 0.1) is 19.3 Å². The van der Waals surface area contributed by atoms with Crippen molar-refractivity contribution in [3.8, 4) is 5.75 Å². The Labute approximate surface area is 222 Å². The number of ether oxygens (including phenoxy) is 1. The molecule has 0 aliphatic carbocycles. The van der Waals surface area contributed by atoms with E-state index in [0.29, 0.717) is 34.9 Å². The van der Waals surface area contributed by atoms with Crippen LogP contribution in [0, 0.1) is 5.82 Å². The second kappa shape index (κ2) is 15.6. The number of rotatable bonds is 13. The number of allylic oxidation sites excluding steroid dienone is 3. The molecule has 1 aromatic carbocycles. The van der Waals surface area contributed by atoms with Gasteiger partial charge in [-0.2, -0.15) is 0 Å². The number of carbonyl (C=O) groups is 1. The van der Waals surface area contributed by atoms with Gasteiger partial charge in [-0.15, -0.1) is 10.2 Å². The summed E-state index contributed by atoms with van der Waals surface area (Å²) in [6.45, 7) is 7.41. The Kier molecular flexibility index (Phi) is 12.6. The molecule has 0 spiro atoms. The number of amides is 1. The molecule has 2 aromatic rings. The lowest BCUT2D eigenvalue weighted by Crippen LogP contribution is -2.18. The van der Waals surface area contributed by atoms with E-state index in [-0.39, 0.29) is 12.2 Å². The standard InChI is InChI=1S/C28H35FN4O3S/c1-6-19(4)25(21(17-30-8-3)26-22(29)14-12-15-23(26)36-5)27(35)31-28-33-32-24(37-28)16-11-9-10-13-20(7-2)18-34/h7-8,10,12-15,17,34H,6,9,11,16,18H2,1-5H3,(H,31,33,35)/b13-10-,20-7+,21-17+,25-19-,30-8-. The summed E-state index contributed by atoms with van der Waals surface area (Å²) in [5, 5.41) is 21.5. The number of halogens is 1. The van der Waals surface area contributed by atoms with Crippen molar-refractivity contribution >= 4 is 34.2 Å². The first-order valence-corrected chi connectivity index (χ1v) is 13.0. The third kappa shape index (κ3) is 8.58. The van der Waals surface area contributed by atoms with Crippen LogP contribution in [0.4, 0.5) is 9.52 Å². The Morgan fingerprint density at radius 3 is 2.73 bits per heavy atom. The Balaban J connectivity index is 2.27. The SMILES string of the molecule is C\C=N/C=C(\C(C(=O)Nc1nnc(CCC/C=C\C(=C/C)CO)s1)=C(/C)CC)c1c(F)cccc1OC. The lowest BCUT2D eigenvalue weighted by Gasteiger charge is -2.17. The van der Waals surface area contributed by atoms with Gasteiger partial charge in [0.1, 0.15) is 16.6 Å². The molecule has 0 radical (unpaired) electrons. The number of methoxy groups -OCH3 is 1. The molecule has 198 valence electrons. The van der Waals surface area contributed by atoms with Gasteiger partial charge < -0.3 is 9.84 Å². The second-order valence-electron chi connectivity index (χ2n) is 8.05. The number of aliphatic hydroxyl groups is 1. The van der Waals surface area contributed by atoms with Crippen LogP contribution >= 0.6 is 11.3 Å². The van der Waals surface area contributed by atoms with Gasteiger partial charge in [0.25, 0.3) is 5.91 Å². The molecule has 0 aliphatic heterocycles. The average Bonchev–Trinajstić information content (AvgIpc) is 3.35. The number of anilines is 1. The third-order valence-corrected chi connectivity index (χ3v) is 6.50. The third-order valence-electron chi connectivity index (χ3n) is 5.60. The van der Waals surface area contributed by atoms with Crippen LogP contribution in [0.1, 0.15) is 57.5 Å². The molecule has 1 amide bonds. The van der Waals surface area contributed by atoms with Gasteiger partial charge in [-0.1, -0.05) is 48.1 Å². The van der Waals surface area contributed by atoms with Crippen LogP contribution in [-0.2, 0) is 11.2 Å². The van der Waals surface area contributed by atoms with E-state index in [2.05, 4.69) is 20.5 Å². The Morgan fingerprint density at radius 2 is 2.08 bits per heavy atom. The van der Waals surface area contributed by atoms with Gasteiger partial charge in [0.2, 0.25) is 5.13 Å². The first kappa shape index (κ1) is 29.8. The molecule has 0 atom stereocenters. The minimum atomic E-state index is -0.515. The largest absolute Gasteiger partial charge is 0.496 e. The zero-order chi connectivity index (χ0) is 27.2. The Bertz CT molecular complexity index is 1210. The van der Waals surface area contributed by atoms with Crippen molar-refractivity contribution in [2.24, 2.45) is 4.99 Å². The normalized spacial score (nSPS) is 13.4. The van der Waals surface area contributed by atoms with Crippen molar-refractivity contribution < 1.29 is 19.0 Å². The van der Waals surface area contributed by atoms with Gasteiger partial charge in [-0.3, -0.25) is 15.1 Å². The second-order valence-corrected chi connectivity index (χ2v) is 9.11. The van der Waals surface area contributed by atoms with E-state index >= 15 is 4.39 Å². The summed E-state index contributed by atoms with van der Waals surface area (Å²) < 4.78 is 20.4. The maximum atomic E-state index is 15.0. The Morgan fingerprint density at radius 1 is 1.30 bits per heavy atom. The number of carbonyl (C=O) groups excluding carboxylic acids is 1. The van der Waals surface area contributed by atoms with E-state index in [0.717, 1.165) is 29.0 Å². The molecule has 1 heterocycles. The highest BCUT2D eigenvalue weighted by Crippen LogP contribution is 2.36. The van der Waals surface area contributed by atoms with E-state index < -0.39 is 11.7 Å². The molecule has 0 unspecified atom stereocenters. The summed E-state index contributed by atoms with van der Waals surface area (Å²) in [5.41, 5.74) is 2.44. The molecule has 0 aliphatic rings. The van der Waals surface area contributed by atoms with Crippen LogP contribution in [0.5, 0.6) is 5.75 Å². The van der Waals surface area contributed by atoms with Crippen LogP contribution in [0.25, 0.3) is 5.57 Å². The fourth-order valence-electron chi connectivity index (χ4n) is 3.47. The van der Waals surface area contributed by atoms with Crippen LogP contribution in [0.3, 0.4) is 0 Å². The van der Waals surface area contributed by atoms with Crippen molar-refractivity contribution in [3.05, 3.63) is 75.7 Å². The van der Waals surface area contributed by atoms with Gasteiger partial charge in [-0.05, 0) is 57.7 Å². The molecule has 0 saturated heterocycles. The summed E-state index contributed by atoms with van der Waals surface area (Å²) in [6.07, 6.45) is 11.8. The zero-order valence-electron chi connectivity index (χ0n) is 22.0. The van der Waals surface area contributed by atoms with Gasteiger partial charge in [-0.25, -0.2) is 4.39 Å². The average molecular weight is 527 g/mol. The molecule has 2 N–H and O–H groups in total. The minimum absolute atomic E-state index is 0.0196. The highest BCUT2D eigenvalue weighted by atomic mass is 32.1. The topological polar surface area (TPSA) is 96.7 Å². The fourth-order valence-corrected chi connectivity index (χ4v) is 4.25. The number of benzene rings is 1. The van der Waals surface area contributed by atoms with Crippen LogP contribution in [0.15, 0.2) is 64.3 Å². The van der Waals surface area contributed by atoms with E-state index in [1.165, 1.54) is 30.7 Å². The maximum Gasteiger partial charge on any atom is 0.258 e. The monoisotopic (exact) mass is 526 g/mol. The molecule has 2 rings (SSSR count). The molecule has 0 bridgehead atoms. The fraction of sp³-hybridized carbons (Fsp3) is 0.357. The maximum absolute atomic E-state index is 15.0. The van der Waals surface area contributed by atoms with Gasteiger partial charge in [0.15, 0.2) is 0 Å². The number of unbranched alkanes of at least 4 members (excludes halogenated alkanes) is 1. The van der Waals surface area contributed by atoms with Crippen LogP contribution in [-0.4, -0.2) is 41.1 Å². The van der Waals surface area contributed by atoms with Crippen molar-refractivity contribution in [1.29, 1.82) is 0 Å². The molecular weight excluding hydrogens is 491 g/mol. The molecule has 0 fully saturated rings. The molecule has 1 aromatic heterocycles. The van der Waals surface area contributed by atoms with Crippen LogP contribution < -0.4 is 10.1 Å². The summed E-state index contributed by atoms with van der Waals surface area (Å²) in [4.78, 5) is 17.7. The first-order chi connectivity index (χ1) is 17.9. The highest BCUT2D eigenvalue weighted by Gasteiger charge is 2.25. The van der Waals surface area contributed by atoms with Crippen molar-refractivity contribution in [2.75, 3.05) is 19.0 Å².